The zero-order chi connectivity index (χ0) is 17.5. The van der Waals surface area contributed by atoms with Crippen molar-refractivity contribution in [1.29, 1.82) is 0 Å². The zero-order valence-electron chi connectivity index (χ0n) is 15.4. The highest BCUT2D eigenvalue weighted by molar-refractivity contribution is 5.87. The van der Waals surface area contributed by atoms with Crippen LogP contribution in [0.5, 0.6) is 0 Å². The van der Waals surface area contributed by atoms with Crippen LogP contribution >= 0.6 is 0 Å². The monoisotopic (exact) mass is 328 g/mol. The summed E-state index contributed by atoms with van der Waals surface area (Å²) in [5, 5.41) is 1.35. The lowest BCUT2D eigenvalue weighted by Gasteiger charge is -2.34. The summed E-state index contributed by atoms with van der Waals surface area (Å²) in [6, 6.07) is 4.44. The number of rotatable bonds is 1. The number of hydrogen-bond donors (Lipinski definition) is 1. The fourth-order valence-corrected chi connectivity index (χ4v) is 3.76. The molecule has 1 aromatic carbocycles. The van der Waals surface area contributed by atoms with Gasteiger partial charge in [-0.1, -0.05) is 6.07 Å². The Kier molecular flexibility index (Phi) is 4.33. The molecule has 1 amide bonds. The van der Waals surface area contributed by atoms with Crippen molar-refractivity contribution in [3.8, 4) is 0 Å². The Hall–Kier alpha value is -1.97. The minimum Gasteiger partial charge on any atom is -0.444 e. The van der Waals surface area contributed by atoms with Gasteiger partial charge in [0.15, 0.2) is 0 Å². The molecule has 1 fully saturated rings. The first-order valence-corrected chi connectivity index (χ1v) is 8.81. The van der Waals surface area contributed by atoms with Crippen LogP contribution in [0.15, 0.2) is 18.3 Å². The molecule has 1 aromatic heterocycles. The summed E-state index contributed by atoms with van der Waals surface area (Å²) in [7, 11) is 0. The van der Waals surface area contributed by atoms with Crippen molar-refractivity contribution in [2.24, 2.45) is 0 Å². The van der Waals surface area contributed by atoms with Crippen LogP contribution in [0.3, 0.4) is 0 Å². The summed E-state index contributed by atoms with van der Waals surface area (Å²) < 4.78 is 5.49. The normalized spacial score (nSPS) is 16.6. The molecule has 4 nitrogen and oxygen atoms in total. The van der Waals surface area contributed by atoms with Crippen LogP contribution in [0.4, 0.5) is 4.79 Å². The molecular weight excluding hydrogens is 300 g/mol. The highest BCUT2D eigenvalue weighted by Crippen LogP contribution is 2.34. The van der Waals surface area contributed by atoms with Gasteiger partial charge in [-0.05, 0) is 76.1 Å². The van der Waals surface area contributed by atoms with Crippen LogP contribution in [0.2, 0.25) is 0 Å². The van der Waals surface area contributed by atoms with Gasteiger partial charge in [0.1, 0.15) is 5.60 Å². The van der Waals surface area contributed by atoms with E-state index in [0.717, 1.165) is 25.9 Å². The Morgan fingerprint density at radius 3 is 2.50 bits per heavy atom. The standard InChI is InChI=1S/C20H28N2O2/c1-13-12-21-17-7-6-16(14(2)18(13)17)15-8-10-22(11-9-15)19(23)24-20(3,4)5/h6-7,12,15,21H,8-11H2,1-5H3. The number of piperidine rings is 1. The number of nitrogens with zero attached hydrogens (tertiary/aromatic N) is 1. The number of aromatic nitrogens is 1. The van der Waals surface area contributed by atoms with Gasteiger partial charge >= 0.3 is 6.09 Å². The number of ether oxygens (including phenoxy) is 1. The van der Waals surface area contributed by atoms with E-state index in [2.05, 4.69) is 37.2 Å². The predicted molar refractivity (Wildman–Crippen MR) is 97.6 cm³/mol. The summed E-state index contributed by atoms with van der Waals surface area (Å²) in [5.41, 5.74) is 4.88. The molecule has 24 heavy (non-hydrogen) atoms. The number of likely N-dealkylation sites (tertiary alicyclic amines) is 1. The molecule has 1 N–H and O–H groups in total. The van der Waals surface area contributed by atoms with E-state index in [1.807, 2.05) is 25.7 Å². The van der Waals surface area contributed by atoms with Crippen molar-refractivity contribution in [1.82, 2.24) is 9.88 Å². The molecule has 1 aliphatic heterocycles. The van der Waals surface area contributed by atoms with E-state index in [1.165, 1.54) is 27.6 Å². The molecule has 0 saturated carbocycles. The Balaban J connectivity index is 1.72. The van der Waals surface area contributed by atoms with E-state index in [4.69, 9.17) is 4.74 Å². The zero-order valence-corrected chi connectivity index (χ0v) is 15.4. The van der Waals surface area contributed by atoms with Crippen molar-refractivity contribution >= 4 is 17.0 Å². The number of nitrogens with one attached hydrogen (secondary N) is 1. The molecule has 2 heterocycles. The largest absolute Gasteiger partial charge is 0.444 e. The van der Waals surface area contributed by atoms with Crippen LogP contribution in [0.25, 0.3) is 10.9 Å². The molecule has 0 unspecified atom stereocenters. The van der Waals surface area contributed by atoms with Gasteiger partial charge in [0.2, 0.25) is 0 Å². The van der Waals surface area contributed by atoms with Crippen LogP contribution in [0.1, 0.15) is 56.2 Å². The van der Waals surface area contributed by atoms with E-state index >= 15 is 0 Å². The van der Waals surface area contributed by atoms with E-state index in [1.54, 1.807) is 0 Å². The topological polar surface area (TPSA) is 45.3 Å². The van der Waals surface area contributed by atoms with Crippen LogP contribution in [0, 0.1) is 13.8 Å². The molecule has 0 atom stereocenters. The first-order chi connectivity index (χ1) is 11.3. The van der Waals surface area contributed by atoms with Crippen LogP contribution < -0.4 is 0 Å². The number of aryl methyl sites for hydroxylation is 2. The number of carbonyl (C=O) groups is 1. The van der Waals surface area contributed by atoms with Crippen molar-refractivity contribution in [2.45, 2.75) is 59.0 Å². The molecule has 4 heteroatoms. The predicted octanol–water partition coefficient (Wildman–Crippen LogP) is 4.90. The molecule has 0 aliphatic carbocycles. The number of benzene rings is 1. The Morgan fingerprint density at radius 1 is 1.21 bits per heavy atom. The second kappa shape index (κ2) is 6.15. The Labute approximate surface area is 144 Å². The van der Waals surface area contributed by atoms with Gasteiger partial charge in [0, 0.05) is 30.2 Å². The Bertz CT molecular complexity index is 747. The minimum absolute atomic E-state index is 0.186. The van der Waals surface area contributed by atoms with E-state index in [-0.39, 0.29) is 6.09 Å². The van der Waals surface area contributed by atoms with Gasteiger partial charge in [0.05, 0.1) is 0 Å². The van der Waals surface area contributed by atoms with Crippen LogP contribution in [-0.4, -0.2) is 34.7 Å². The molecule has 3 rings (SSSR count). The minimum atomic E-state index is -0.429. The highest BCUT2D eigenvalue weighted by atomic mass is 16.6. The maximum Gasteiger partial charge on any atom is 0.410 e. The lowest BCUT2D eigenvalue weighted by molar-refractivity contribution is 0.0205. The van der Waals surface area contributed by atoms with E-state index in [9.17, 15) is 4.79 Å². The second-order valence-corrected chi connectivity index (χ2v) is 7.92. The van der Waals surface area contributed by atoms with Crippen molar-refractivity contribution in [3.63, 3.8) is 0 Å². The smallest absolute Gasteiger partial charge is 0.410 e. The van der Waals surface area contributed by atoms with Crippen molar-refractivity contribution in [2.75, 3.05) is 13.1 Å². The first kappa shape index (κ1) is 16.9. The van der Waals surface area contributed by atoms with Crippen molar-refractivity contribution < 1.29 is 9.53 Å². The lowest BCUT2D eigenvalue weighted by Crippen LogP contribution is -2.41. The second-order valence-electron chi connectivity index (χ2n) is 7.92. The first-order valence-electron chi connectivity index (χ1n) is 8.81. The molecule has 130 valence electrons. The third kappa shape index (κ3) is 3.28. The summed E-state index contributed by atoms with van der Waals surface area (Å²) in [6.45, 7) is 11.6. The lowest BCUT2D eigenvalue weighted by atomic mass is 9.85. The molecule has 0 spiro atoms. The summed E-state index contributed by atoms with van der Waals surface area (Å²) >= 11 is 0. The number of hydrogen-bond acceptors (Lipinski definition) is 2. The fourth-order valence-electron chi connectivity index (χ4n) is 3.76. The maximum absolute atomic E-state index is 12.2. The molecule has 2 aromatic rings. The third-order valence-electron chi connectivity index (χ3n) is 4.93. The number of carbonyl (C=O) groups excluding carboxylic acids is 1. The number of H-pyrrole nitrogens is 1. The van der Waals surface area contributed by atoms with Gasteiger partial charge in [-0.3, -0.25) is 0 Å². The van der Waals surface area contributed by atoms with Gasteiger partial charge < -0.3 is 14.6 Å². The number of fused-ring (bicyclic) bond motifs is 1. The van der Waals surface area contributed by atoms with E-state index < -0.39 is 5.60 Å². The molecule has 0 radical (unpaired) electrons. The Morgan fingerprint density at radius 2 is 1.88 bits per heavy atom. The molecule has 1 saturated heterocycles. The summed E-state index contributed by atoms with van der Waals surface area (Å²) in [6.07, 6.45) is 3.88. The third-order valence-corrected chi connectivity index (χ3v) is 4.93. The molecule has 0 bridgehead atoms. The highest BCUT2D eigenvalue weighted by Gasteiger charge is 2.28. The number of amides is 1. The number of aromatic amines is 1. The van der Waals surface area contributed by atoms with Gasteiger partial charge in [-0.25, -0.2) is 4.79 Å². The van der Waals surface area contributed by atoms with Gasteiger partial charge in [-0.2, -0.15) is 0 Å². The fraction of sp³-hybridized carbons (Fsp3) is 0.550. The average molecular weight is 328 g/mol. The molecular formula is C20H28N2O2. The van der Waals surface area contributed by atoms with Crippen molar-refractivity contribution in [3.05, 3.63) is 35.0 Å². The van der Waals surface area contributed by atoms with E-state index in [0.29, 0.717) is 5.92 Å². The van der Waals surface area contributed by atoms with Gasteiger partial charge in [-0.15, -0.1) is 0 Å². The van der Waals surface area contributed by atoms with Crippen LogP contribution in [-0.2, 0) is 4.74 Å². The molecule has 1 aliphatic rings. The quantitative estimate of drug-likeness (QED) is 0.809. The average Bonchev–Trinajstić information content (AvgIpc) is 2.88. The summed E-state index contributed by atoms with van der Waals surface area (Å²) in [5.74, 6) is 0.516. The maximum atomic E-state index is 12.2. The summed E-state index contributed by atoms with van der Waals surface area (Å²) in [4.78, 5) is 17.4. The SMILES string of the molecule is Cc1c[nH]c2ccc(C3CCN(C(=O)OC(C)(C)C)CC3)c(C)c12. The van der Waals surface area contributed by atoms with Gasteiger partial charge in [0.25, 0.3) is 0 Å².